The van der Waals surface area contributed by atoms with Gasteiger partial charge in [-0.2, -0.15) is 0 Å². The van der Waals surface area contributed by atoms with Gasteiger partial charge in [0.25, 0.3) is 0 Å². The molecule has 3 heteroatoms. The average molecular weight is 214 g/mol. The molecule has 0 amide bonds. The van der Waals surface area contributed by atoms with Gasteiger partial charge in [-0.25, -0.2) is 0 Å². The highest BCUT2D eigenvalue weighted by molar-refractivity contribution is 5.45. The highest BCUT2D eigenvalue weighted by Crippen LogP contribution is 2.22. The Balaban J connectivity index is 2.08. The molecule has 0 heterocycles. The fraction of sp³-hybridized carbons (Fsp3) is 0.0769. The van der Waals surface area contributed by atoms with Crippen LogP contribution in [-0.2, 0) is 6.54 Å². The second-order valence-corrected chi connectivity index (χ2v) is 3.46. The van der Waals surface area contributed by atoms with E-state index in [1.54, 1.807) is 0 Å². The van der Waals surface area contributed by atoms with Crippen LogP contribution in [-0.4, -0.2) is 10.2 Å². The van der Waals surface area contributed by atoms with Gasteiger partial charge in [-0.15, -0.1) is 0 Å². The zero-order valence-corrected chi connectivity index (χ0v) is 8.64. The van der Waals surface area contributed by atoms with E-state index in [0.29, 0.717) is 12.1 Å². The molecule has 2 rings (SSSR count). The third-order valence-corrected chi connectivity index (χ3v) is 2.26. The van der Waals surface area contributed by atoms with E-state index in [2.05, 4.69) is 11.4 Å². The zero-order chi connectivity index (χ0) is 11.4. The van der Waals surface area contributed by atoms with Crippen molar-refractivity contribution in [3.05, 3.63) is 54.1 Å². The molecular weight excluding hydrogens is 202 g/mol. The Morgan fingerprint density at radius 1 is 1.06 bits per heavy atom. The highest BCUT2D eigenvalue weighted by Gasteiger charge is 2.01. The molecule has 0 fully saturated rings. The number of aromatic hydroxyl groups is 2. The van der Waals surface area contributed by atoms with Crippen LogP contribution in [0.25, 0.3) is 0 Å². The maximum Gasteiger partial charge on any atom is 0.120 e. The Labute approximate surface area is 94.0 Å². The molecule has 0 aliphatic heterocycles. The van der Waals surface area contributed by atoms with Crippen LogP contribution in [0.15, 0.2) is 42.5 Å². The lowest BCUT2D eigenvalue weighted by Gasteiger charge is -2.08. The SMILES string of the molecule is Oc1ccc(O)c(CNc2cc[c]cc2)c1. The molecule has 1 radical (unpaired) electrons. The average Bonchev–Trinajstić information content (AvgIpc) is 2.32. The molecule has 0 aromatic heterocycles. The lowest BCUT2D eigenvalue weighted by atomic mass is 10.2. The summed E-state index contributed by atoms with van der Waals surface area (Å²) in [4.78, 5) is 0. The topological polar surface area (TPSA) is 52.5 Å². The predicted octanol–water partition coefficient (Wildman–Crippen LogP) is 2.51. The van der Waals surface area contributed by atoms with Crippen LogP contribution >= 0.6 is 0 Å². The van der Waals surface area contributed by atoms with Crippen molar-refractivity contribution in [2.45, 2.75) is 6.54 Å². The summed E-state index contributed by atoms with van der Waals surface area (Å²) in [6.07, 6.45) is 0. The quantitative estimate of drug-likeness (QED) is 0.688. The first-order valence-corrected chi connectivity index (χ1v) is 4.96. The van der Waals surface area contributed by atoms with E-state index < -0.39 is 0 Å². The van der Waals surface area contributed by atoms with Gasteiger partial charge >= 0.3 is 0 Å². The minimum absolute atomic E-state index is 0.149. The molecule has 0 saturated carbocycles. The zero-order valence-electron chi connectivity index (χ0n) is 8.64. The number of anilines is 1. The van der Waals surface area contributed by atoms with Crippen molar-refractivity contribution in [2.75, 3.05) is 5.32 Å². The van der Waals surface area contributed by atoms with Gasteiger partial charge < -0.3 is 15.5 Å². The Morgan fingerprint density at radius 3 is 2.56 bits per heavy atom. The summed E-state index contributed by atoms with van der Waals surface area (Å²) in [6.45, 7) is 0.463. The van der Waals surface area contributed by atoms with Crippen molar-refractivity contribution in [1.82, 2.24) is 0 Å². The van der Waals surface area contributed by atoms with E-state index in [1.807, 2.05) is 24.3 Å². The first kappa shape index (κ1) is 10.4. The smallest absolute Gasteiger partial charge is 0.120 e. The van der Waals surface area contributed by atoms with Crippen molar-refractivity contribution in [3.63, 3.8) is 0 Å². The van der Waals surface area contributed by atoms with Crippen LogP contribution in [0.2, 0.25) is 0 Å². The molecule has 0 atom stereocenters. The van der Waals surface area contributed by atoms with E-state index in [1.165, 1.54) is 18.2 Å². The van der Waals surface area contributed by atoms with Gasteiger partial charge in [-0.1, -0.05) is 12.1 Å². The minimum atomic E-state index is 0.149. The number of nitrogens with one attached hydrogen (secondary N) is 1. The van der Waals surface area contributed by atoms with Gasteiger partial charge in [0.05, 0.1) is 0 Å². The Morgan fingerprint density at radius 2 is 1.81 bits per heavy atom. The Kier molecular flexibility index (Phi) is 2.96. The molecule has 0 aliphatic rings. The molecule has 0 aliphatic carbocycles. The van der Waals surface area contributed by atoms with Crippen LogP contribution < -0.4 is 5.32 Å². The monoisotopic (exact) mass is 214 g/mol. The van der Waals surface area contributed by atoms with E-state index in [-0.39, 0.29) is 11.5 Å². The van der Waals surface area contributed by atoms with Gasteiger partial charge in [0, 0.05) is 17.8 Å². The van der Waals surface area contributed by atoms with Gasteiger partial charge in [0.2, 0.25) is 0 Å². The summed E-state index contributed by atoms with van der Waals surface area (Å²) in [7, 11) is 0. The standard InChI is InChI=1S/C13H12NO2/c15-12-6-7-13(16)10(8-12)9-14-11-4-2-1-3-5-11/h2-8,14-16H,9H2. The molecule has 0 spiro atoms. The molecule has 81 valence electrons. The molecule has 2 aromatic carbocycles. The molecule has 3 N–H and O–H groups in total. The second-order valence-electron chi connectivity index (χ2n) is 3.46. The number of phenolic OH excluding ortho intramolecular Hbond substituents is 2. The van der Waals surface area contributed by atoms with Gasteiger partial charge in [0.1, 0.15) is 11.5 Å². The summed E-state index contributed by atoms with van der Waals surface area (Å²) in [5.74, 6) is 0.323. The normalized spacial score (nSPS) is 10.0. The summed E-state index contributed by atoms with van der Waals surface area (Å²) >= 11 is 0. The summed E-state index contributed by atoms with van der Waals surface area (Å²) in [6, 6.07) is 14.8. The predicted molar refractivity (Wildman–Crippen MR) is 62.4 cm³/mol. The van der Waals surface area contributed by atoms with Crippen LogP contribution in [0.1, 0.15) is 5.56 Å². The molecular formula is C13H12NO2. The van der Waals surface area contributed by atoms with E-state index in [9.17, 15) is 10.2 Å². The number of benzene rings is 2. The summed E-state index contributed by atoms with van der Waals surface area (Å²) < 4.78 is 0. The summed E-state index contributed by atoms with van der Waals surface area (Å²) in [5, 5.41) is 22.0. The van der Waals surface area contributed by atoms with Crippen LogP contribution in [0.3, 0.4) is 0 Å². The fourth-order valence-electron chi connectivity index (χ4n) is 1.42. The highest BCUT2D eigenvalue weighted by atomic mass is 16.3. The summed E-state index contributed by atoms with van der Waals surface area (Å²) in [5.41, 5.74) is 1.61. The number of rotatable bonds is 3. The van der Waals surface area contributed by atoms with Crippen LogP contribution in [0.4, 0.5) is 5.69 Å². The lowest BCUT2D eigenvalue weighted by Crippen LogP contribution is -1.99. The molecule has 0 saturated heterocycles. The molecule has 2 aromatic rings. The van der Waals surface area contributed by atoms with Crippen LogP contribution in [0, 0.1) is 6.07 Å². The van der Waals surface area contributed by atoms with Gasteiger partial charge in [-0.05, 0) is 36.4 Å². The number of phenols is 2. The first-order valence-electron chi connectivity index (χ1n) is 4.96. The molecule has 16 heavy (non-hydrogen) atoms. The first-order chi connectivity index (χ1) is 7.75. The lowest BCUT2D eigenvalue weighted by molar-refractivity contribution is 0.455. The number of hydrogen-bond acceptors (Lipinski definition) is 3. The largest absolute Gasteiger partial charge is 0.508 e. The van der Waals surface area contributed by atoms with Crippen LogP contribution in [0.5, 0.6) is 11.5 Å². The van der Waals surface area contributed by atoms with Gasteiger partial charge in [-0.3, -0.25) is 0 Å². The van der Waals surface area contributed by atoms with Gasteiger partial charge in [0.15, 0.2) is 0 Å². The fourth-order valence-corrected chi connectivity index (χ4v) is 1.42. The molecule has 3 nitrogen and oxygen atoms in total. The minimum Gasteiger partial charge on any atom is -0.508 e. The van der Waals surface area contributed by atoms with Crippen molar-refractivity contribution in [1.29, 1.82) is 0 Å². The Hall–Kier alpha value is -2.16. The Bertz CT molecular complexity index is 469. The third-order valence-electron chi connectivity index (χ3n) is 2.26. The second kappa shape index (κ2) is 4.57. The maximum atomic E-state index is 9.56. The molecule has 0 unspecified atom stereocenters. The molecule has 0 bridgehead atoms. The maximum absolute atomic E-state index is 9.56. The van der Waals surface area contributed by atoms with Crippen molar-refractivity contribution >= 4 is 5.69 Å². The van der Waals surface area contributed by atoms with Crippen molar-refractivity contribution in [3.8, 4) is 11.5 Å². The van der Waals surface area contributed by atoms with E-state index in [0.717, 1.165) is 5.69 Å². The number of hydrogen-bond donors (Lipinski definition) is 3. The third kappa shape index (κ3) is 2.45. The van der Waals surface area contributed by atoms with E-state index >= 15 is 0 Å². The van der Waals surface area contributed by atoms with E-state index in [4.69, 9.17) is 0 Å². The van der Waals surface area contributed by atoms with Crippen molar-refractivity contribution < 1.29 is 10.2 Å². The van der Waals surface area contributed by atoms with Crippen molar-refractivity contribution in [2.24, 2.45) is 0 Å².